The molecule has 1 aromatic carbocycles. The van der Waals surface area contributed by atoms with Crippen LogP contribution in [0.15, 0.2) is 23.1 Å². The maximum absolute atomic E-state index is 12.4. The number of nitrogens with zero attached hydrogens (tertiary/aromatic N) is 2. The molecule has 1 amide bonds. The van der Waals surface area contributed by atoms with Gasteiger partial charge in [-0.1, -0.05) is 0 Å². The zero-order valence-electron chi connectivity index (χ0n) is 15.6. The summed E-state index contributed by atoms with van der Waals surface area (Å²) >= 11 is 0. The third kappa shape index (κ3) is 6.59. The number of rotatable bonds is 8. The van der Waals surface area contributed by atoms with E-state index in [1.807, 2.05) is 11.9 Å². The van der Waals surface area contributed by atoms with E-state index in [2.05, 4.69) is 10.6 Å². The smallest absolute Gasteiger partial charge is 0.293 e. The van der Waals surface area contributed by atoms with Crippen molar-refractivity contribution in [3.05, 3.63) is 28.3 Å². The third-order valence-corrected chi connectivity index (χ3v) is 5.42. The molecule has 1 fully saturated rings. The number of nitro groups is 1. The van der Waals surface area contributed by atoms with Crippen LogP contribution in [0, 0.1) is 16.0 Å². The van der Waals surface area contributed by atoms with Crippen molar-refractivity contribution >= 4 is 39.7 Å². The van der Waals surface area contributed by atoms with Crippen LogP contribution >= 0.6 is 12.4 Å². The molecule has 0 saturated carbocycles. The average Bonchev–Trinajstić information content (AvgIpc) is 2.61. The summed E-state index contributed by atoms with van der Waals surface area (Å²) in [6.45, 7) is 2.51. The molecule has 2 rings (SSSR count). The van der Waals surface area contributed by atoms with Crippen molar-refractivity contribution in [2.24, 2.45) is 11.1 Å². The van der Waals surface area contributed by atoms with Crippen LogP contribution in [0.25, 0.3) is 0 Å². The van der Waals surface area contributed by atoms with Gasteiger partial charge in [-0.05, 0) is 44.5 Å². The Labute approximate surface area is 170 Å². The first kappa shape index (κ1) is 24.1. The summed E-state index contributed by atoms with van der Waals surface area (Å²) in [6.07, 6.45) is 2.25. The van der Waals surface area contributed by atoms with Crippen LogP contribution in [-0.4, -0.2) is 57.4 Å². The second-order valence-electron chi connectivity index (χ2n) is 6.56. The molecule has 0 spiro atoms. The molecule has 1 aliphatic rings. The number of carbonyl (C=O) groups is 1. The molecule has 10 nitrogen and oxygen atoms in total. The Morgan fingerprint density at radius 1 is 1.43 bits per heavy atom. The first-order valence-corrected chi connectivity index (χ1v) is 10.2. The molecule has 0 bridgehead atoms. The standard InChI is InChI=1S/C16H25N5O5S.ClH/c1-18-10-12-3-2-8-20(11-12)16(22)6-7-19-14-5-4-13(27(17,25)26)9-15(14)21(23)24;/h4-5,9,12,18-19H,2-3,6-8,10-11H2,1H3,(H2,17,25,26);1H. The van der Waals surface area contributed by atoms with Crippen molar-refractivity contribution in [3.63, 3.8) is 0 Å². The van der Waals surface area contributed by atoms with Crippen molar-refractivity contribution in [3.8, 4) is 0 Å². The number of primary sulfonamides is 1. The number of halogens is 1. The minimum Gasteiger partial charge on any atom is -0.379 e. The number of hydrogen-bond donors (Lipinski definition) is 3. The Kier molecular flexibility index (Phi) is 9.08. The Morgan fingerprint density at radius 3 is 2.75 bits per heavy atom. The van der Waals surface area contributed by atoms with Gasteiger partial charge in [0, 0.05) is 32.1 Å². The van der Waals surface area contributed by atoms with E-state index in [0.29, 0.717) is 12.5 Å². The number of sulfonamides is 1. The Morgan fingerprint density at radius 2 is 2.14 bits per heavy atom. The molecule has 0 aliphatic carbocycles. The minimum absolute atomic E-state index is 0. The predicted octanol–water partition coefficient (Wildman–Crippen LogP) is 0.924. The second kappa shape index (κ2) is 10.6. The summed E-state index contributed by atoms with van der Waals surface area (Å²) in [5.41, 5.74) is -0.257. The van der Waals surface area contributed by atoms with Gasteiger partial charge in [0.05, 0.1) is 9.82 Å². The first-order valence-electron chi connectivity index (χ1n) is 8.70. The van der Waals surface area contributed by atoms with Gasteiger partial charge in [0.2, 0.25) is 15.9 Å². The fourth-order valence-electron chi connectivity index (χ4n) is 3.20. The van der Waals surface area contributed by atoms with Crippen LogP contribution in [-0.2, 0) is 14.8 Å². The zero-order chi connectivity index (χ0) is 20.0. The van der Waals surface area contributed by atoms with Crippen LogP contribution in [0.5, 0.6) is 0 Å². The average molecular weight is 436 g/mol. The zero-order valence-corrected chi connectivity index (χ0v) is 17.2. The van der Waals surface area contributed by atoms with E-state index in [4.69, 9.17) is 5.14 Å². The normalized spacial score (nSPS) is 16.9. The second-order valence-corrected chi connectivity index (χ2v) is 8.12. The first-order chi connectivity index (χ1) is 12.7. The maximum atomic E-state index is 12.4. The molecule has 1 aromatic rings. The Bertz CT molecular complexity index is 803. The number of anilines is 1. The van der Waals surface area contributed by atoms with Crippen LogP contribution in [0.4, 0.5) is 11.4 Å². The van der Waals surface area contributed by atoms with Gasteiger partial charge in [-0.15, -0.1) is 12.4 Å². The summed E-state index contributed by atoms with van der Waals surface area (Å²) in [5, 5.41) is 22.2. The highest BCUT2D eigenvalue weighted by Crippen LogP contribution is 2.27. The molecule has 158 valence electrons. The summed E-state index contributed by atoms with van der Waals surface area (Å²) < 4.78 is 22.7. The van der Waals surface area contributed by atoms with E-state index in [1.165, 1.54) is 12.1 Å². The minimum atomic E-state index is -4.03. The van der Waals surface area contributed by atoms with Gasteiger partial charge in [-0.3, -0.25) is 14.9 Å². The molecule has 12 heteroatoms. The van der Waals surface area contributed by atoms with E-state index in [9.17, 15) is 23.3 Å². The van der Waals surface area contributed by atoms with Crippen LogP contribution in [0.1, 0.15) is 19.3 Å². The molecule has 0 radical (unpaired) electrons. The highest BCUT2D eigenvalue weighted by molar-refractivity contribution is 7.89. The molecule has 1 heterocycles. The maximum Gasteiger partial charge on any atom is 0.293 e. The highest BCUT2D eigenvalue weighted by Gasteiger charge is 2.23. The predicted molar refractivity (Wildman–Crippen MR) is 108 cm³/mol. The number of piperidine rings is 1. The SMILES string of the molecule is CNCC1CCCN(C(=O)CCNc2ccc(S(N)(=O)=O)cc2[N+](=O)[O-])C1.Cl. The van der Waals surface area contributed by atoms with Crippen molar-refractivity contribution in [1.29, 1.82) is 0 Å². The van der Waals surface area contributed by atoms with Crippen LogP contribution < -0.4 is 15.8 Å². The van der Waals surface area contributed by atoms with Gasteiger partial charge < -0.3 is 15.5 Å². The number of likely N-dealkylation sites (tertiary alicyclic amines) is 1. The molecule has 1 atom stereocenters. The van der Waals surface area contributed by atoms with Gasteiger partial charge in [0.25, 0.3) is 5.69 Å². The van der Waals surface area contributed by atoms with Crippen molar-refractivity contribution in [2.45, 2.75) is 24.2 Å². The topological polar surface area (TPSA) is 148 Å². The number of amides is 1. The summed E-state index contributed by atoms with van der Waals surface area (Å²) in [7, 11) is -2.14. The Balaban J connectivity index is 0.00000392. The number of nitrogens with one attached hydrogen (secondary N) is 2. The number of hydrogen-bond acceptors (Lipinski definition) is 7. The highest BCUT2D eigenvalue weighted by atomic mass is 35.5. The number of benzene rings is 1. The lowest BCUT2D eigenvalue weighted by Gasteiger charge is -2.32. The van der Waals surface area contributed by atoms with Gasteiger partial charge in [-0.25, -0.2) is 13.6 Å². The molecular formula is C16H26ClN5O5S. The quantitative estimate of drug-likeness (QED) is 0.406. The van der Waals surface area contributed by atoms with Gasteiger partial charge in [0.1, 0.15) is 5.69 Å². The number of nitro benzene ring substituents is 1. The molecule has 0 aromatic heterocycles. The molecule has 1 aliphatic heterocycles. The van der Waals surface area contributed by atoms with Gasteiger partial charge in [-0.2, -0.15) is 0 Å². The van der Waals surface area contributed by atoms with E-state index >= 15 is 0 Å². The van der Waals surface area contributed by atoms with Gasteiger partial charge >= 0.3 is 0 Å². The van der Waals surface area contributed by atoms with Crippen molar-refractivity contribution in [1.82, 2.24) is 10.2 Å². The number of nitrogens with two attached hydrogens (primary N) is 1. The summed E-state index contributed by atoms with van der Waals surface area (Å²) in [4.78, 5) is 24.4. The van der Waals surface area contributed by atoms with Crippen molar-refractivity contribution in [2.75, 3.05) is 38.5 Å². The summed E-state index contributed by atoms with van der Waals surface area (Å²) in [5.74, 6) is 0.430. The number of carbonyl (C=O) groups excluding carboxylic acids is 1. The molecule has 28 heavy (non-hydrogen) atoms. The lowest BCUT2D eigenvalue weighted by molar-refractivity contribution is -0.384. The molecule has 1 saturated heterocycles. The fourth-order valence-corrected chi connectivity index (χ4v) is 3.73. The van der Waals surface area contributed by atoms with E-state index < -0.39 is 20.6 Å². The Hall–Kier alpha value is -1.95. The molecule has 1 unspecified atom stereocenters. The molecule has 4 N–H and O–H groups in total. The van der Waals surface area contributed by atoms with E-state index in [1.54, 1.807) is 0 Å². The largest absolute Gasteiger partial charge is 0.379 e. The van der Waals surface area contributed by atoms with Crippen molar-refractivity contribution < 1.29 is 18.1 Å². The summed E-state index contributed by atoms with van der Waals surface area (Å²) in [6, 6.07) is 3.39. The molecular weight excluding hydrogens is 410 g/mol. The monoisotopic (exact) mass is 435 g/mol. The third-order valence-electron chi connectivity index (χ3n) is 4.51. The fraction of sp³-hybridized carbons (Fsp3) is 0.562. The van der Waals surface area contributed by atoms with Crippen LogP contribution in [0.3, 0.4) is 0 Å². The van der Waals surface area contributed by atoms with E-state index in [0.717, 1.165) is 32.0 Å². The lowest BCUT2D eigenvalue weighted by Crippen LogP contribution is -2.42. The van der Waals surface area contributed by atoms with Crippen LogP contribution in [0.2, 0.25) is 0 Å². The van der Waals surface area contributed by atoms with Gasteiger partial charge in [0.15, 0.2) is 0 Å². The lowest BCUT2D eigenvalue weighted by atomic mass is 9.98. The van der Waals surface area contributed by atoms with E-state index in [-0.39, 0.29) is 41.9 Å².